The SMILES string of the molecule is CCC1CCC(CO)(NCc2cccs2)CC1. The van der Waals surface area contributed by atoms with E-state index >= 15 is 0 Å². The predicted molar refractivity (Wildman–Crippen MR) is 73.2 cm³/mol. The highest BCUT2D eigenvalue weighted by Crippen LogP contribution is 2.33. The molecule has 0 aliphatic heterocycles. The zero-order valence-corrected chi connectivity index (χ0v) is 11.4. The van der Waals surface area contributed by atoms with E-state index in [-0.39, 0.29) is 12.1 Å². The number of rotatable bonds is 5. The molecule has 0 aromatic carbocycles. The monoisotopic (exact) mass is 253 g/mol. The molecule has 0 saturated heterocycles. The van der Waals surface area contributed by atoms with Gasteiger partial charge in [-0.1, -0.05) is 19.4 Å². The van der Waals surface area contributed by atoms with Crippen LogP contribution in [0.2, 0.25) is 0 Å². The van der Waals surface area contributed by atoms with E-state index in [2.05, 4.69) is 29.8 Å². The molecule has 1 saturated carbocycles. The van der Waals surface area contributed by atoms with Crippen molar-refractivity contribution < 1.29 is 5.11 Å². The number of nitrogens with one attached hydrogen (secondary N) is 1. The number of hydrogen-bond acceptors (Lipinski definition) is 3. The van der Waals surface area contributed by atoms with E-state index in [0.717, 1.165) is 25.3 Å². The van der Waals surface area contributed by atoms with E-state index in [1.54, 1.807) is 11.3 Å². The average Bonchev–Trinajstić information content (AvgIpc) is 2.90. The Hall–Kier alpha value is -0.380. The minimum Gasteiger partial charge on any atom is -0.394 e. The van der Waals surface area contributed by atoms with Crippen molar-refractivity contribution >= 4 is 11.3 Å². The lowest BCUT2D eigenvalue weighted by Gasteiger charge is -2.39. The smallest absolute Gasteiger partial charge is 0.0613 e. The van der Waals surface area contributed by atoms with E-state index in [9.17, 15) is 5.11 Å². The van der Waals surface area contributed by atoms with Gasteiger partial charge in [-0.3, -0.25) is 0 Å². The Morgan fingerprint density at radius 3 is 2.76 bits per heavy atom. The van der Waals surface area contributed by atoms with Crippen molar-refractivity contribution in [3.8, 4) is 0 Å². The summed E-state index contributed by atoms with van der Waals surface area (Å²) >= 11 is 1.78. The zero-order valence-electron chi connectivity index (χ0n) is 10.6. The van der Waals surface area contributed by atoms with Crippen LogP contribution in [0.1, 0.15) is 43.9 Å². The maximum absolute atomic E-state index is 9.67. The molecule has 0 unspecified atom stereocenters. The quantitative estimate of drug-likeness (QED) is 0.845. The van der Waals surface area contributed by atoms with Gasteiger partial charge in [0.05, 0.1) is 6.61 Å². The molecule has 0 radical (unpaired) electrons. The van der Waals surface area contributed by atoms with Gasteiger partial charge >= 0.3 is 0 Å². The molecule has 17 heavy (non-hydrogen) atoms. The number of thiophene rings is 1. The van der Waals surface area contributed by atoms with Crippen LogP contribution in [-0.4, -0.2) is 17.3 Å². The second kappa shape index (κ2) is 5.98. The Balaban J connectivity index is 1.87. The summed E-state index contributed by atoms with van der Waals surface area (Å²) in [6, 6.07) is 4.24. The van der Waals surface area contributed by atoms with Crippen LogP contribution in [0.15, 0.2) is 17.5 Å². The third kappa shape index (κ3) is 3.30. The van der Waals surface area contributed by atoms with Crippen molar-refractivity contribution in [1.29, 1.82) is 0 Å². The minimum atomic E-state index is -0.0182. The molecular formula is C14H23NOS. The normalized spacial score (nSPS) is 29.4. The molecule has 0 atom stereocenters. The molecule has 0 amide bonds. The van der Waals surface area contributed by atoms with Gasteiger partial charge < -0.3 is 10.4 Å². The molecule has 96 valence electrons. The van der Waals surface area contributed by atoms with E-state index in [4.69, 9.17) is 0 Å². The van der Waals surface area contributed by atoms with Crippen LogP contribution in [0.5, 0.6) is 0 Å². The molecule has 1 aromatic heterocycles. The summed E-state index contributed by atoms with van der Waals surface area (Å²) in [4.78, 5) is 1.36. The van der Waals surface area contributed by atoms with Gasteiger partial charge in [-0.15, -0.1) is 11.3 Å². The van der Waals surface area contributed by atoms with Crippen LogP contribution in [0.4, 0.5) is 0 Å². The lowest BCUT2D eigenvalue weighted by atomic mass is 9.76. The Morgan fingerprint density at radius 1 is 1.47 bits per heavy atom. The Labute approximate surface area is 108 Å². The highest BCUT2D eigenvalue weighted by Gasteiger charge is 2.33. The summed E-state index contributed by atoms with van der Waals surface area (Å²) in [5.74, 6) is 0.873. The fourth-order valence-electron chi connectivity index (χ4n) is 2.72. The Morgan fingerprint density at radius 2 is 2.24 bits per heavy atom. The first-order valence-electron chi connectivity index (χ1n) is 6.66. The molecule has 1 fully saturated rings. The summed E-state index contributed by atoms with van der Waals surface area (Å²) in [6.45, 7) is 3.44. The van der Waals surface area contributed by atoms with Gasteiger partial charge in [0.25, 0.3) is 0 Å². The van der Waals surface area contributed by atoms with Crippen molar-refractivity contribution in [2.24, 2.45) is 5.92 Å². The third-order valence-electron chi connectivity index (χ3n) is 4.16. The van der Waals surface area contributed by atoms with Crippen LogP contribution in [-0.2, 0) is 6.54 Å². The lowest BCUT2D eigenvalue weighted by Crippen LogP contribution is -2.50. The molecule has 0 spiro atoms. The number of aliphatic hydroxyl groups excluding tert-OH is 1. The molecular weight excluding hydrogens is 230 g/mol. The number of hydrogen-bond donors (Lipinski definition) is 2. The summed E-state index contributed by atoms with van der Waals surface area (Å²) in [7, 11) is 0. The molecule has 1 aliphatic rings. The molecule has 1 aromatic rings. The van der Waals surface area contributed by atoms with Crippen LogP contribution >= 0.6 is 11.3 Å². The van der Waals surface area contributed by atoms with Crippen LogP contribution < -0.4 is 5.32 Å². The minimum absolute atomic E-state index is 0.0182. The highest BCUT2D eigenvalue weighted by atomic mass is 32.1. The van der Waals surface area contributed by atoms with Crippen molar-refractivity contribution in [2.45, 2.75) is 51.1 Å². The van der Waals surface area contributed by atoms with Gasteiger partial charge in [0.1, 0.15) is 0 Å². The summed E-state index contributed by atoms with van der Waals surface area (Å²) in [5, 5.41) is 15.4. The summed E-state index contributed by atoms with van der Waals surface area (Å²) in [6.07, 6.45) is 6.04. The lowest BCUT2D eigenvalue weighted by molar-refractivity contribution is 0.100. The van der Waals surface area contributed by atoms with E-state index in [0.29, 0.717) is 0 Å². The summed E-state index contributed by atoms with van der Waals surface area (Å²) < 4.78 is 0. The summed E-state index contributed by atoms with van der Waals surface area (Å²) in [5.41, 5.74) is -0.0182. The molecule has 2 rings (SSSR count). The first-order valence-corrected chi connectivity index (χ1v) is 7.54. The molecule has 1 aliphatic carbocycles. The standard InChI is InChI=1S/C14H23NOS/c1-2-12-5-7-14(11-16,8-6-12)15-10-13-4-3-9-17-13/h3-4,9,12,15-16H,2,5-8,10-11H2,1H3. The van der Waals surface area contributed by atoms with Crippen LogP contribution in [0, 0.1) is 5.92 Å². The van der Waals surface area contributed by atoms with E-state index in [1.165, 1.54) is 24.1 Å². The second-order valence-electron chi connectivity index (χ2n) is 5.22. The van der Waals surface area contributed by atoms with Gasteiger partial charge in [-0.2, -0.15) is 0 Å². The van der Waals surface area contributed by atoms with Gasteiger partial charge in [-0.05, 0) is 43.0 Å². The van der Waals surface area contributed by atoms with Gasteiger partial charge in [0.15, 0.2) is 0 Å². The molecule has 2 nitrogen and oxygen atoms in total. The van der Waals surface area contributed by atoms with E-state index in [1.807, 2.05) is 0 Å². The highest BCUT2D eigenvalue weighted by molar-refractivity contribution is 7.09. The molecule has 3 heteroatoms. The van der Waals surface area contributed by atoms with Crippen LogP contribution in [0.3, 0.4) is 0 Å². The van der Waals surface area contributed by atoms with Crippen molar-refractivity contribution in [2.75, 3.05) is 6.61 Å². The first kappa shape index (κ1) is 13.1. The molecule has 0 bridgehead atoms. The molecule has 1 heterocycles. The predicted octanol–water partition coefficient (Wildman–Crippen LogP) is 3.17. The van der Waals surface area contributed by atoms with Crippen molar-refractivity contribution in [3.05, 3.63) is 22.4 Å². The second-order valence-corrected chi connectivity index (χ2v) is 6.26. The maximum atomic E-state index is 9.67. The average molecular weight is 253 g/mol. The van der Waals surface area contributed by atoms with Gasteiger partial charge in [-0.25, -0.2) is 0 Å². The fourth-order valence-corrected chi connectivity index (χ4v) is 3.36. The largest absolute Gasteiger partial charge is 0.394 e. The topological polar surface area (TPSA) is 32.3 Å². The van der Waals surface area contributed by atoms with E-state index < -0.39 is 0 Å². The van der Waals surface area contributed by atoms with Crippen molar-refractivity contribution in [1.82, 2.24) is 5.32 Å². The maximum Gasteiger partial charge on any atom is 0.0613 e. The first-order chi connectivity index (χ1) is 8.28. The Kier molecular flexibility index (Phi) is 4.60. The molecule has 2 N–H and O–H groups in total. The van der Waals surface area contributed by atoms with Crippen LogP contribution in [0.25, 0.3) is 0 Å². The van der Waals surface area contributed by atoms with Gasteiger partial charge in [0.2, 0.25) is 0 Å². The Bertz CT molecular complexity index is 315. The van der Waals surface area contributed by atoms with Gasteiger partial charge in [0, 0.05) is 17.0 Å². The number of aliphatic hydroxyl groups is 1. The third-order valence-corrected chi connectivity index (χ3v) is 5.04. The fraction of sp³-hybridized carbons (Fsp3) is 0.714. The van der Waals surface area contributed by atoms with Crippen molar-refractivity contribution in [3.63, 3.8) is 0 Å². The zero-order chi connectivity index (χ0) is 12.1.